The van der Waals surface area contributed by atoms with Gasteiger partial charge in [-0.2, -0.15) is 0 Å². The molecule has 0 aliphatic heterocycles. The lowest BCUT2D eigenvalue weighted by Crippen LogP contribution is -2.17. The molecular weight excluding hydrogens is 464 g/mol. The molecule has 0 unspecified atom stereocenters. The van der Waals surface area contributed by atoms with Crippen LogP contribution in [-0.4, -0.2) is 35.4 Å². The highest BCUT2D eigenvalue weighted by molar-refractivity contribution is 7.93. The van der Waals surface area contributed by atoms with E-state index in [9.17, 15) is 8.42 Å². The Balaban J connectivity index is 1.57. The molecule has 4 aromatic rings. The van der Waals surface area contributed by atoms with Crippen LogP contribution in [-0.2, 0) is 10.0 Å². The van der Waals surface area contributed by atoms with Crippen LogP contribution in [0.3, 0.4) is 0 Å². The molecule has 5 rings (SSSR count). The Bertz CT molecular complexity index is 1480. The van der Waals surface area contributed by atoms with Crippen LogP contribution in [0.2, 0.25) is 5.02 Å². The van der Waals surface area contributed by atoms with Crippen LogP contribution >= 0.6 is 11.6 Å². The fourth-order valence-corrected chi connectivity index (χ4v) is 5.18. The monoisotopic (exact) mass is 486 g/mol. The summed E-state index contributed by atoms with van der Waals surface area (Å²) < 4.78 is 38.4. The fraction of sp³-hybridized carbons (Fsp3) is 0.348. The van der Waals surface area contributed by atoms with E-state index in [1.54, 1.807) is 12.3 Å². The van der Waals surface area contributed by atoms with Gasteiger partial charge in [0, 0.05) is 22.8 Å². The van der Waals surface area contributed by atoms with Gasteiger partial charge in [0.15, 0.2) is 11.4 Å². The number of aromatic nitrogens is 3. The smallest absolute Gasteiger partial charge is 0.236 e. The summed E-state index contributed by atoms with van der Waals surface area (Å²) in [6.07, 6.45) is 3.02. The van der Waals surface area contributed by atoms with Crippen LogP contribution in [0.1, 0.15) is 32.4 Å². The third-order valence-corrected chi connectivity index (χ3v) is 7.48. The van der Waals surface area contributed by atoms with E-state index in [-0.39, 0.29) is 11.1 Å². The van der Waals surface area contributed by atoms with Crippen molar-refractivity contribution >= 4 is 49.2 Å². The second-order valence-corrected chi connectivity index (χ2v) is 11.1. The Morgan fingerprint density at radius 1 is 1.21 bits per heavy atom. The van der Waals surface area contributed by atoms with Gasteiger partial charge in [0.25, 0.3) is 0 Å². The summed E-state index contributed by atoms with van der Waals surface area (Å²) in [5.74, 6) is 0.940. The molecule has 0 spiro atoms. The van der Waals surface area contributed by atoms with Crippen molar-refractivity contribution in [3.63, 3.8) is 0 Å². The second-order valence-electron chi connectivity index (χ2n) is 8.78. The molecule has 1 aliphatic carbocycles. The summed E-state index contributed by atoms with van der Waals surface area (Å²) in [6, 6.07) is 7.38. The molecule has 1 N–H and O–H groups in total. The predicted molar refractivity (Wildman–Crippen MR) is 128 cm³/mol. The first-order chi connectivity index (χ1) is 15.7. The number of ether oxygens (including phenoxy) is 1. The summed E-state index contributed by atoms with van der Waals surface area (Å²) in [6.45, 7) is 6.52. The fourth-order valence-electron chi connectivity index (χ4n) is 3.62. The summed E-state index contributed by atoms with van der Waals surface area (Å²) in [4.78, 5) is 9.09. The Kier molecular flexibility index (Phi) is 5.41. The van der Waals surface area contributed by atoms with E-state index in [4.69, 9.17) is 25.8 Å². The van der Waals surface area contributed by atoms with Crippen molar-refractivity contribution in [2.75, 3.05) is 11.3 Å². The largest absolute Gasteiger partial charge is 0.476 e. The molecule has 3 aromatic heterocycles. The van der Waals surface area contributed by atoms with Crippen molar-refractivity contribution in [2.45, 2.75) is 38.9 Å². The molecule has 1 aliphatic rings. The quantitative estimate of drug-likeness (QED) is 0.375. The Labute approximate surface area is 196 Å². The molecular formula is C23H23ClN4O4S. The Morgan fingerprint density at radius 3 is 2.70 bits per heavy atom. The molecule has 0 amide bonds. The normalized spacial score (nSPS) is 14.3. The van der Waals surface area contributed by atoms with E-state index in [0.717, 1.165) is 22.0 Å². The molecule has 1 saturated carbocycles. The molecule has 0 radical (unpaired) electrons. The number of nitrogens with one attached hydrogen (secondary N) is 1. The zero-order valence-corrected chi connectivity index (χ0v) is 20.0. The van der Waals surface area contributed by atoms with Crippen LogP contribution in [0, 0.1) is 12.8 Å². The molecule has 1 aromatic carbocycles. The van der Waals surface area contributed by atoms with Gasteiger partial charge in [0.05, 0.1) is 22.9 Å². The van der Waals surface area contributed by atoms with Gasteiger partial charge >= 0.3 is 0 Å². The molecule has 0 atom stereocenters. The average Bonchev–Trinajstić information content (AvgIpc) is 3.55. The van der Waals surface area contributed by atoms with Gasteiger partial charge in [-0.3, -0.25) is 9.71 Å². The third kappa shape index (κ3) is 4.35. The van der Waals surface area contributed by atoms with Gasteiger partial charge in [0.2, 0.25) is 15.9 Å². The van der Waals surface area contributed by atoms with Crippen LogP contribution in [0.15, 0.2) is 35.0 Å². The van der Waals surface area contributed by atoms with Crippen molar-refractivity contribution in [3.05, 3.63) is 41.2 Å². The van der Waals surface area contributed by atoms with Gasteiger partial charge < -0.3 is 9.26 Å². The summed E-state index contributed by atoms with van der Waals surface area (Å²) in [7, 11) is -3.45. The van der Waals surface area contributed by atoms with Crippen LogP contribution < -0.4 is 9.46 Å². The number of rotatable bonds is 7. The first kappa shape index (κ1) is 21.9. The highest BCUT2D eigenvalue weighted by atomic mass is 35.5. The summed E-state index contributed by atoms with van der Waals surface area (Å²) in [5, 5.41) is 6.29. The van der Waals surface area contributed by atoms with Crippen molar-refractivity contribution in [3.8, 4) is 17.1 Å². The topological polar surface area (TPSA) is 107 Å². The number of pyridine rings is 2. The van der Waals surface area contributed by atoms with Crippen molar-refractivity contribution in [1.29, 1.82) is 0 Å². The van der Waals surface area contributed by atoms with E-state index >= 15 is 0 Å². The summed E-state index contributed by atoms with van der Waals surface area (Å²) >= 11 is 6.44. The highest BCUT2D eigenvalue weighted by Crippen LogP contribution is 2.37. The highest BCUT2D eigenvalue weighted by Gasteiger charge is 2.36. The maximum atomic E-state index is 12.4. The number of benzene rings is 1. The first-order valence-corrected chi connectivity index (χ1v) is 12.6. The van der Waals surface area contributed by atoms with E-state index in [0.29, 0.717) is 52.9 Å². The van der Waals surface area contributed by atoms with Gasteiger partial charge in [-0.15, -0.1) is 0 Å². The third-order valence-electron chi connectivity index (χ3n) is 5.39. The van der Waals surface area contributed by atoms with Gasteiger partial charge in [-0.25, -0.2) is 13.4 Å². The maximum absolute atomic E-state index is 12.4. The lowest BCUT2D eigenvalue weighted by Gasteiger charge is -2.12. The standard InChI is InChI=1S/C23H23ClN4O4S/c1-12(2)11-31-23-19(24)8-15(10-25-23)21-17-9-20-18(7-14(17)6-13(3)26-21)22(27-32-20)28-33(29,30)16-4-5-16/h6-10,12,16H,4-5,11H2,1-3H3,(H,27,28). The van der Waals surface area contributed by atoms with E-state index < -0.39 is 10.0 Å². The Morgan fingerprint density at radius 2 is 2.00 bits per heavy atom. The molecule has 0 bridgehead atoms. The van der Waals surface area contributed by atoms with Crippen molar-refractivity contribution < 1.29 is 17.7 Å². The van der Waals surface area contributed by atoms with E-state index in [1.807, 2.05) is 25.1 Å². The number of hydrogen-bond donors (Lipinski definition) is 1. The summed E-state index contributed by atoms with van der Waals surface area (Å²) in [5.41, 5.74) is 2.68. The molecule has 8 nitrogen and oxygen atoms in total. The van der Waals surface area contributed by atoms with Gasteiger partial charge in [-0.1, -0.05) is 30.6 Å². The number of hydrogen-bond acceptors (Lipinski definition) is 7. The average molecular weight is 487 g/mol. The van der Waals surface area contributed by atoms with Crippen molar-refractivity contribution in [1.82, 2.24) is 15.1 Å². The van der Waals surface area contributed by atoms with Crippen molar-refractivity contribution in [2.24, 2.45) is 5.92 Å². The van der Waals surface area contributed by atoms with E-state index in [2.05, 4.69) is 28.7 Å². The molecule has 0 saturated heterocycles. The SMILES string of the molecule is Cc1cc2cc3c(NS(=O)(=O)C4CC4)noc3cc2c(-c2cnc(OCC(C)C)c(Cl)c2)n1. The molecule has 33 heavy (non-hydrogen) atoms. The first-order valence-electron chi connectivity index (χ1n) is 10.7. The number of fused-ring (bicyclic) bond motifs is 2. The molecule has 1 fully saturated rings. The zero-order chi connectivity index (χ0) is 23.3. The molecule has 10 heteroatoms. The maximum Gasteiger partial charge on any atom is 0.236 e. The lowest BCUT2D eigenvalue weighted by molar-refractivity contribution is 0.261. The minimum absolute atomic E-state index is 0.200. The predicted octanol–water partition coefficient (Wildman–Crippen LogP) is 5.34. The number of halogens is 1. The number of aryl methyl sites for hydroxylation is 1. The second kappa shape index (κ2) is 8.14. The molecule has 172 valence electrons. The van der Waals surface area contributed by atoms with Gasteiger partial charge in [-0.05, 0) is 55.3 Å². The van der Waals surface area contributed by atoms with E-state index in [1.165, 1.54) is 0 Å². The zero-order valence-electron chi connectivity index (χ0n) is 18.4. The lowest BCUT2D eigenvalue weighted by atomic mass is 10.0. The number of nitrogens with zero attached hydrogens (tertiary/aromatic N) is 3. The Hall–Kier alpha value is -2.91. The van der Waals surface area contributed by atoms with Crippen LogP contribution in [0.25, 0.3) is 33.0 Å². The minimum atomic E-state index is -3.45. The van der Waals surface area contributed by atoms with Gasteiger partial charge in [0.1, 0.15) is 5.02 Å². The number of anilines is 1. The minimum Gasteiger partial charge on any atom is -0.476 e. The number of sulfonamides is 1. The molecule has 3 heterocycles. The van der Waals surface area contributed by atoms with Crippen LogP contribution in [0.4, 0.5) is 5.82 Å². The van der Waals surface area contributed by atoms with Crippen LogP contribution in [0.5, 0.6) is 5.88 Å².